The molecule has 1 amide bonds. The van der Waals surface area contributed by atoms with Gasteiger partial charge in [-0.05, 0) is 11.6 Å². The topological polar surface area (TPSA) is 75.6 Å². The number of methoxy groups -OCH3 is 1. The number of benzene rings is 1. The number of nitrogens with one attached hydrogen (secondary N) is 1. The molecule has 1 unspecified atom stereocenters. The Balaban J connectivity index is 2.38. The van der Waals surface area contributed by atoms with Crippen LogP contribution in [0.15, 0.2) is 36.4 Å². The maximum atomic E-state index is 11.4. The lowest BCUT2D eigenvalue weighted by atomic mass is 10.2. The Morgan fingerprint density at radius 2 is 2.06 bits per heavy atom. The van der Waals surface area contributed by atoms with Gasteiger partial charge in [0.25, 0.3) is 0 Å². The van der Waals surface area contributed by atoms with Crippen LogP contribution in [0.5, 0.6) is 0 Å². The molecule has 1 atom stereocenters. The first-order valence-corrected chi connectivity index (χ1v) is 5.40. The second kappa shape index (κ2) is 7.24. The van der Waals surface area contributed by atoms with Gasteiger partial charge in [0.2, 0.25) is 5.91 Å². The molecule has 0 saturated carbocycles. The van der Waals surface area contributed by atoms with Crippen LogP contribution in [0.1, 0.15) is 5.56 Å². The van der Waals surface area contributed by atoms with E-state index >= 15 is 0 Å². The highest BCUT2D eigenvalue weighted by atomic mass is 16.5. The van der Waals surface area contributed by atoms with Crippen LogP contribution in [-0.4, -0.2) is 36.7 Å². The zero-order valence-corrected chi connectivity index (χ0v) is 10.00. The fourth-order valence-corrected chi connectivity index (χ4v) is 1.21. The Bertz CT molecular complexity index is 428. The highest BCUT2D eigenvalue weighted by Gasteiger charge is 2.15. The molecule has 1 aromatic rings. The fraction of sp³-hybridized carbons (Fsp3) is 0.231. The van der Waals surface area contributed by atoms with Crippen molar-refractivity contribution in [1.82, 2.24) is 5.32 Å². The van der Waals surface area contributed by atoms with E-state index in [9.17, 15) is 14.7 Å². The van der Waals surface area contributed by atoms with Crippen LogP contribution in [0.3, 0.4) is 0 Å². The molecule has 5 nitrogen and oxygen atoms in total. The van der Waals surface area contributed by atoms with Crippen molar-refractivity contribution < 1.29 is 19.4 Å². The van der Waals surface area contributed by atoms with Crippen LogP contribution in [0, 0.1) is 0 Å². The minimum atomic E-state index is -1.34. The quantitative estimate of drug-likeness (QED) is 0.583. The maximum Gasteiger partial charge on any atom is 0.336 e. The Hall–Kier alpha value is -2.14. The molecule has 0 heterocycles. The van der Waals surface area contributed by atoms with Gasteiger partial charge < -0.3 is 15.2 Å². The normalized spacial score (nSPS) is 12.1. The van der Waals surface area contributed by atoms with Gasteiger partial charge in [0, 0.05) is 6.08 Å². The average molecular weight is 249 g/mol. The molecule has 1 rings (SSSR count). The van der Waals surface area contributed by atoms with Gasteiger partial charge in [-0.3, -0.25) is 4.79 Å². The van der Waals surface area contributed by atoms with Gasteiger partial charge in [-0.15, -0.1) is 0 Å². The number of hydrogen-bond donors (Lipinski definition) is 2. The predicted octanol–water partition coefficient (Wildman–Crippen LogP) is 0.350. The molecule has 0 aromatic heterocycles. The van der Waals surface area contributed by atoms with Gasteiger partial charge in [0.15, 0.2) is 6.10 Å². The van der Waals surface area contributed by atoms with Crippen molar-refractivity contribution in [1.29, 1.82) is 0 Å². The first-order chi connectivity index (χ1) is 8.63. The van der Waals surface area contributed by atoms with Crippen molar-refractivity contribution in [2.75, 3.05) is 13.7 Å². The highest BCUT2D eigenvalue weighted by molar-refractivity contribution is 5.92. The maximum absolute atomic E-state index is 11.4. The van der Waals surface area contributed by atoms with E-state index in [4.69, 9.17) is 0 Å². The van der Waals surface area contributed by atoms with Crippen molar-refractivity contribution in [2.24, 2.45) is 0 Å². The summed E-state index contributed by atoms with van der Waals surface area (Å²) in [6.07, 6.45) is 1.63. The summed E-state index contributed by atoms with van der Waals surface area (Å²) in [5.41, 5.74) is 0.890. The molecule has 0 fully saturated rings. The third kappa shape index (κ3) is 4.80. The molecule has 1 aromatic carbocycles. The minimum Gasteiger partial charge on any atom is -0.467 e. The molecule has 96 valence electrons. The van der Waals surface area contributed by atoms with Crippen LogP contribution < -0.4 is 5.32 Å². The second-order valence-electron chi connectivity index (χ2n) is 3.53. The van der Waals surface area contributed by atoms with Crippen molar-refractivity contribution >= 4 is 18.0 Å². The summed E-state index contributed by atoms with van der Waals surface area (Å²) in [5, 5.41) is 11.6. The van der Waals surface area contributed by atoms with Crippen LogP contribution in [0.25, 0.3) is 6.08 Å². The van der Waals surface area contributed by atoms with E-state index in [2.05, 4.69) is 10.1 Å². The number of hydrogen-bond acceptors (Lipinski definition) is 4. The number of esters is 1. The van der Waals surface area contributed by atoms with E-state index < -0.39 is 12.1 Å². The standard InChI is InChI=1S/C13H15NO4/c1-18-13(17)11(15)9-14-12(16)8-7-10-5-3-2-4-6-10/h2-8,11,15H,9H2,1H3,(H,14,16)/b8-7+. The van der Waals surface area contributed by atoms with Crippen LogP contribution in [-0.2, 0) is 14.3 Å². The first kappa shape index (κ1) is 13.9. The number of aliphatic hydroxyl groups is 1. The predicted molar refractivity (Wildman–Crippen MR) is 66.5 cm³/mol. The number of amides is 1. The van der Waals surface area contributed by atoms with Crippen molar-refractivity contribution in [3.63, 3.8) is 0 Å². The lowest BCUT2D eigenvalue weighted by Gasteiger charge is -2.07. The minimum absolute atomic E-state index is 0.176. The van der Waals surface area contributed by atoms with Gasteiger partial charge >= 0.3 is 5.97 Å². The SMILES string of the molecule is COC(=O)C(O)CNC(=O)/C=C/c1ccccc1. The molecular formula is C13H15NO4. The van der Waals surface area contributed by atoms with E-state index in [0.29, 0.717) is 0 Å². The lowest BCUT2D eigenvalue weighted by Crippen LogP contribution is -2.36. The van der Waals surface area contributed by atoms with Gasteiger partial charge in [0.1, 0.15) is 0 Å². The van der Waals surface area contributed by atoms with E-state index in [1.807, 2.05) is 30.3 Å². The number of carbonyl (C=O) groups excluding carboxylic acids is 2. The summed E-state index contributed by atoms with van der Waals surface area (Å²) < 4.78 is 4.32. The monoisotopic (exact) mass is 249 g/mol. The molecular weight excluding hydrogens is 234 g/mol. The van der Waals surface area contributed by atoms with Crippen LogP contribution >= 0.6 is 0 Å². The van der Waals surface area contributed by atoms with Crippen molar-refractivity contribution in [3.8, 4) is 0 Å². The molecule has 0 spiro atoms. The lowest BCUT2D eigenvalue weighted by molar-refractivity contribution is -0.150. The molecule has 0 aliphatic heterocycles. The summed E-state index contributed by atoms with van der Waals surface area (Å²) in [5.74, 6) is -1.16. The Kier molecular flexibility index (Phi) is 5.60. The summed E-state index contributed by atoms with van der Waals surface area (Å²) >= 11 is 0. The molecule has 0 aliphatic rings. The summed E-state index contributed by atoms with van der Waals surface area (Å²) in [6.45, 7) is -0.176. The molecule has 0 bridgehead atoms. The van der Waals surface area contributed by atoms with Crippen molar-refractivity contribution in [3.05, 3.63) is 42.0 Å². The van der Waals surface area contributed by atoms with Crippen LogP contribution in [0.2, 0.25) is 0 Å². The molecule has 5 heteroatoms. The summed E-state index contributed by atoms with van der Waals surface area (Å²) in [4.78, 5) is 22.2. The summed E-state index contributed by atoms with van der Waals surface area (Å²) in [7, 11) is 1.17. The third-order valence-electron chi connectivity index (χ3n) is 2.17. The van der Waals surface area contributed by atoms with Gasteiger partial charge in [-0.25, -0.2) is 4.79 Å². The largest absolute Gasteiger partial charge is 0.467 e. The number of rotatable bonds is 5. The number of carbonyl (C=O) groups is 2. The van der Waals surface area contributed by atoms with E-state index in [1.54, 1.807) is 6.08 Å². The third-order valence-corrected chi connectivity index (χ3v) is 2.17. The van der Waals surface area contributed by atoms with Gasteiger partial charge in [-0.1, -0.05) is 30.3 Å². The Morgan fingerprint density at radius 3 is 2.67 bits per heavy atom. The van der Waals surface area contributed by atoms with E-state index in [1.165, 1.54) is 13.2 Å². The number of aliphatic hydroxyl groups excluding tert-OH is 1. The highest BCUT2D eigenvalue weighted by Crippen LogP contribution is 2.00. The van der Waals surface area contributed by atoms with Gasteiger partial charge in [0.05, 0.1) is 13.7 Å². The van der Waals surface area contributed by atoms with Crippen LogP contribution in [0.4, 0.5) is 0 Å². The van der Waals surface area contributed by atoms with E-state index in [0.717, 1.165) is 5.56 Å². The van der Waals surface area contributed by atoms with Crippen molar-refractivity contribution in [2.45, 2.75) is 6.10 Å². The summed E-state index contributed by atoms with van der Waals surface area (Å²) in [6, 6.07) is 9.31. The zero-order valence-electron chi connectivity index (χ0n) is 10.00. The smallest absolute Gasteiger partial charge is 0.336 e. The second-order valence-corrected chi connectivity index (χ2v) is 3.53. The van der Waals surface area contributed by atoms with Gasteiger partial charge in [-0.2, -0.15) is 0 Å². The number of ether oxygens (including phenoxy) is 1. The molecule has 0 saturated heterocycles. The molecule has 18 heavy (non-hydrogen) atoms. The Morgan fingerprint density at radius 1 is 1.39 bits per heavy atom. The molecule has 0 radical (unpaired) electrons. The Labute approximate surface area is 105 Å². The van der Waals surface area contributed by atoms with E-state index in [-0.39, 0.29) is 12.5 Å². The average Bonchev–Trinajstić information content (AvgIpc) is 2.42. The zero-order chi connectivity index (χ0) is 13.4. The first-order valence-electron chi connectivity index (χ1n) is 5.40. The molecule has 2 N–H and O–H groups in total. The fourth-order valence-electron chi connectivity index (χ4n) is 1.21. The molecule has 0 aliphatic carbocycles.